The van der Waals surface area contributed by atoms with Crippen LogP contribution in [0, 0.1) is 46.3 Å². The van der Waals surface area contributed by atoms with E-state index >= 15 is 0 Å². The van der Waals surface area contributed by atoms with Crippen LogP contribution < -0.4 is 5.32 Å². The number of fused-ring (bicyclic) bond motifs is 5. The lowest BCUT2D eigenvalue weighted by atomic mass is 9.43. The Hall–Kier alpha value is -1.97. The highest BCUT2D eigenvalue weighted by molar-refractivity contribution is 7.46. The Kier molecular flexibility index (Phi) is 8.62. The third-order valence-corrected chi connectivity index (χ3v) is 12.6. The maximum atomic E-state index is 12.8. The number of carbonyl (C=O) groups excluding carboxylic acids is 1. The number of aromatic hydroxyl groups is 1. The summed E-state index contributed by atoms with van der Waals surface area (Å²) in [5, 5.41) is 33.3. The molecule has 5 rings (SSSR count). The van der Waals surface area contributed by atoms with Crippen LogP contribution in [0.15, 0.2) is 18.2 Å². The monoisotopic (exact) mass is 607 g/mol. The average Bonchev–Trinajstić information content (AvgIpc) is 3.25. The predicted octanol–water partition coefficient (Wildman–Crippen LogP) is 5.55. The van der Waals surface area contributed by atoms with Crippen LogP contribution in [0.25, 0.3) is 0 Å². The molecule has 0 saturated heterocycles. The second-order valence-corrected chi connectivity index (χ2v) is 15.3. The molecule has 6 N–H and O–H groups in total. The van der Waals surface area contributed by atoms with Gasteiger partial charge in [-0.2, -0.15) is 0 Å². The van der Waals surface area contributed by atoms with Gasteiger partial charge in [-0.15, -0.1) is 0 Å². The topological polar surface area (TPSA) is 174 Å². The van der Waals surface area contributed by atoms with Gasteiger partial charge in [0.15, 0.2) is 0 Å². The standard InChI is InChI=1S/C31H46NO9P/c1-17(4-9-27(35)32-19-5-8-25(33)21(16-19)29(36)37)22-6-7-23-28-24(11-13-31(22,23)3)30(2)12-10-20(41-42(38,39)40)14-18(30)15-26(28)34/h5,8,16-18,20,22-24,26,28,33-34H,4,6-7,9-15H2,1-3H3,(H,32,35)(H,36,37)(H2,38,39,40)/t17-,18?,20?,22-,23+,24+,26?,28+,30+,31-/m1/s1. The van der Waals surface area contributed by atoms with Gasteiger partial charge in [-0.1, -0.05) is 20.8 Å². The fourth-order valence-corrected chi connectivity index (χ4v) is 10.6. The van der Waals surface area contributed by atoms with Crippen molar-refractivity contribution in [3.05, 3.63) is 23.8 Å². The molecule has 4 aliphatic carbocycles. The second kappa shape index (κ2) is 11.5. The minimum absolute atomic E-state index is 0.0243. The number of hydrogen-bond acceptors (Lipinski definition) is 6. The van der Waals surface area contributed by atoms with E-state index < -0.39 is 26.0 Å². The first-order chi connectivity index (χ1) is 19.6. The van der Waals surface area contributed by atoms with Crippen LogP contribution in [-0.2, 0) is 13.9 Å². The van der Waals surface area contributed by atoms with E-state index in [1.165, 1.54) is 18.2 Å². The van der Waals surface area contributed by atoms with Gasteiger partial charge >= 0.3 is 13.8 Å². The van der Waals surface area contributed by atoms with E-state index in [0.717, 1.165) is 32.1 Å². The smallest absolute Gasteiger partial charge is 0.469 e. The molecular formula is C31H46NO9P. The van der Waals surface area contributed by atoms with Crippen LogP contribution in [-0.4, -0.2) is 49.2 Å². The van der Waals surface area contributed by atoms with Crippen molar-refractivity contribution < 1.29 is 43.8 Å². The highest BCUT2D eigenvalue weighted by atomic mass is 31.2. The van der Waals surface area contributed by atoms with Gasteiger partial charge in [0, 0.05) is 12.1 Å². The van der Waals surface area contributed by atoms with Crippen molar-refractivity contribution in [3.8, 4) is 5.75 Å². The lowest BCUT2D eigenvalue weighted by Crippen LogP contribution is -2.58. The first-order valence-electron chi connectivity index (χ1n) is 15.4. The molecular weight excluding hydrogens is 561 g/mol. The summed E-state index contributed by atoms with van der Waals surface area (Å²) in [5.74, 6) is 0.122. The number of carbonyl (C=O) groups is 2. The molecule has 1 aromatic rings. The molecule has 42 heavy (non-hydrogen) atoms. The number of rotatable bonds is 8. The number of anilines is 1. The van der Waals surface area contributed by atoms with Crippen LogP contribution in [0.5, 0.6) is 5.75 Å². The molecule has 1 aromatic carbocycles. The molecule has 0 bridgehead atoms. The summed E-state index contributed by atoms with van der Waals surface area (Å²) in [7, 11) is -4.54. The number of aliphatic hydroxyl groups is 1. The molecule has 10 nitrogen and oxygen atoms in total. The molecule has 234 valence electrons. The molecule has 0 spiro atoms. The lowest BCUT2D eigenvalue weighted by Gasteiger charge is -2.62. The molecule has 4 saturated carbocycles. The lowest BCUT2D eigenvalue weighted by molar-refractivity contribution is -0.173. The predicted molar refractivity (Wildman–Crippen MR) is 156 cm³/mol. The highest BCUT2D eigenvalue weighted by Gasteiger charge is 2.63. The van der Waals surface area contributed by atoms with Crippen LogP contribution in [0.3, 0.4) is 0 Å². The molecule has 4 aliphatic rings. The second-order valence-electron chi connectivity index (χ2n) is 14.1. The van der Waals surface area contributed by atoms with E-state index in [1.807, 2.05) is 0 Å². The minimum atomic E-state index is -4.54. The van der Waals surface area contributed by atoms with Gasteiger partial charge < -0.3 is 30.4 Å². The van der Waals surface area contributed by atoms with E-state index in [4.69, 9.17) is 4.52 Å². The molecule has 3 unspecified atom stereocenters. The third kappa shape index (κ3) is 5.90. The number of amides is 1. The fraction of sp³-hybridized carbons (Fsp3) is 0.742. The number of aromatic carboxylic acids is 1. The van der Waals surface area contributed by atoms with E-state index in [-0.39, 0.29) is 39.9 Å². The number of benzene rings is 1. The van der Waals surface area contributed by atoms with E-state index in [9.17, 15) is 39.3 Å². The number of carboxylic acid groups (broad SMARTS) is 1. The normalized spacial score (nSPS) is 38.6. The van der Waals surface area contributed by atoms with Gasteiger partial charge in [-0.05, 0) is 122 Å². The average molecular weight is 608 g/mol. The molecule has 0 aromatic heterocycles. The van der Waals surface area contributed by atoms with E-state index in [1.54, 1.807) is 0 Å². The zero-order chi connectivity index (χ0) is 30.6. The highest BCUT2D eigenvalue weighted by Crippen LogP contribution is 2.68. The summed E-state index contributed by atoms with van der Waals surface area (Å²) in [6.45, 7) is 6.94. The Bertz CT molecular complexity index is 1250. The Balaban J connectivity index is 1.22. The molecule has 11 heteroatoms. The van der Waals surface area contributed by atoms with Crippen LogP contribution in [0.4, 0.5) is 5.69 Å². The maximum Gasteiger partial charge on any atom is 0.469 e. The number of phosphoric ester groups is 1. The van der Waals surface area contributed by atoms with Crippen molar-refractivity contribution in [1.82, 2.24) is 0 Å². The molecule has 4 fully saturated rings. The summed E-state index contributed by atoms with van der Waals surface area (Å²) in [6.07, 6.45) is 7.05. The van der Waals surface area contributed by atoms with Crippen molar-refractivity contribution in [2.75, 3.05) is 5.32 Å². The van der Waals surface area contributed by atoms with Crippen molar-refractivity contribution in [1.29, 1.82) is 0 Å². The fourth-order valence-electron chi connectivity index (χ4n) is 10.0. The number of carboxylic acids is 1. The van der Waals surface area contributed by atoms with E-state index in [0.29, 0.717) is 61.5 Å². The molecule has 0 aliphatic heterocycles. The molecule has 10 atom stereocenters. The maximum absolute atomic E-state index is 12.8. The molecule has 1 amide bonds. The van der Waals surface area contributed by atoms with Gasteiger partial charge in [-0.3, -0.25) is 9.32 Å². The quantitative estimate of drug-likeness (QED) is 0.163. The number of aliphatic hydroxyl groups excluding tert-OH is 1. The Labute approximate surface area is 247 Å². The Morgan fingerprint density at radius 1 is 1.07 bits per heavy atom. The van der Waals surface area contributed by atoms with Crippen molar-refractivity contribution >= 4 is 25.4 Å². The molecule has 0 radical (unpaired) electrons. The van der Waals surface area contributed by atoms with Crippen molar-refractivity contribution in [2.45, 2.75) is 97.2 Å². The minimum Gasteiger partial charge on any atom is -0.507 e. The van der Waals surface area contributed by atoms with Gasteiger partial charge in [0.1, 0.15) is 11.3 Å². The summed E-state index contributed by atoms with van der Waals surface area (Å²) < 4.78 is 16.5. The Morgan fingerprint density at radius 2 is 1.76 bits per heavy atom. The Morgan fingerprint density at radius 3 is 2.45 bits per heavy atom. The largest absolute Gasteiger partial charge is 0.507 e. The molecule has 0 heterocycles. The summed E-state index contributed by atoms with van der Waals surface area (Å²) in [6, 6.07) is 4.02. The summed E-state index contributed by atoms with van der Waals surface area (Å²) in [5.41, 5.74) is 0.190. The number of phenols is 1. The van der Waals surface area contributed by atoms with Crippen LogP contribution >= 0.6 is 7.82 Å². The SMILES string of the molecule is C[C@H](CCC(=O)Nc1ccc(O)c(C(=O)O)c1)[C@H]1CC[C@H]2[C@@H]3C(O)CC4CC(OP(=O)(O)O)CC[C@]4(C)[C@H]3CC[C@]12C. The summed E-state index contributed by atoms with van der Waals surface area (Å²) >= 11 is 0. The first kappa shape index (κ1) is 31.5. The van der Waals surface area contributed by atoms with Gasteiger partial charge in [0.05, 0.1) is 12.2 Å². The van der Waals surface area contributed by atoms with Crippen molar-refractivity contribution in [3.63, 3.8) is 0 Å². The van der Waals surface area contributed by atoms with Gasteiger partial charge in [-0.25, -0.2) is 9.36 Å². The zero-order valence-corrected chi connectivity index (χ0v) is 25.6. The van der Waals surface area contributed by atoms with Crippen LogP contribution in [0.2, 0.25) is 0 Å². The van der Waals surface area contributed by atoms with E-state index in [2.05, 4.69) is 26.1 Å². The van der Waals surface area contributed by atoms with Crippen molar-refractivity contribution in [2.24, 2.45) is 46.3 Å². The van der Waals surface area contributed by atoms with Crippen LogP contribution in [0.1, 0.15) is 95.3 Å². The van der Waals surface area contributed by atoms with Gasteiger partial charge in [0.25, 0.3) is 0 Å². The number of hydrogen-bond donors (Lipinski definition) is 6. The zero-order valence-electron chi connectivity index (χ0n) is 24.7. The third-order valence-electron chi connectivity index (χ3n) is 12.0. The summed E-state index contributed by atoms with van der Waals surface area (Å²) in [4.78, 5) is 42.7. The first-order valence-corrected chi connectivity index (χ1v) is 16.9. The van der Waals surface area contributed by atoms with Gasteiger partial charge in [0.2, 0.25) is 5.91 Å². The number of nitrogens with one attached hydrogen (secondary N) is 1. The number of phosphoric acid groups is 1.